The summed E-state index contributed by atoms with van der Waals surface area (Å²) in [5.74, 6) is -0.0598. The quantitative estimate of drug-likeness (QED) is 0.323. The molecule has 2 atom stereocenters. The van der Waals surface area contributed by atoms with Crippen molar-refractivity contribution in [2.45, 2.75) is 25.3 Å². The normalized spacial score (nSPS) is 32.0. The highest BCUT2D eigenvalue weighted by Gasteiger charge is 2.31. The Labute approximate surface area is 58.4 Å². The van der Waals surface area contributed by atoms with Crippen molar-refractivity contribution in [2.24, 2.45) is 5.92 Å². The van der Waals surface area contributed by atoms with Gasteiger partial charge in [0, 0.05) is 23.7 Å². The van der Waals surface area contributed by atoms with E-state index >= 15 is 0 Å². The summed E-state index contributed by atoms with van der Waals surface area (Å²) in [4.78, 5) is 20.0. The number of rotatable bonds is 2. The summed E-state index contributed by atoms with van der Waals surface area (Å²) >= 11 is 0. The van der Waals surface area contributed by atoms with E-state index in [9.17, 15) is 14.9 Å². The molecule has 0 aliphatic heterocycles. The van der Waals surface area contributed by atoms with Crippen LogP contribution in [0.2, 0.25) is 0 Å². The first-order valence-corrected chi connectivity index (χ1v) is 3.33. The summed E-state index contributed by atoms with van der Waals surface area (Å²) < 4.78 is 0. The lowest BCUT2D eigenvalue weighted by Gasteiger charge is -1.97. The van der Waals surface area contributed by atoms with E-state index in [2.05, 4.69) is 0 Å². The molecule has 1 rings (SSSR count). The van der Waals surface area contributed by atoms with Crippen LogP contribution in [0.3, 0.4) is 0 Å². The van der Waals surface area contributed by atoms with E-state index < -0.39 is 6.04 Å². The summed E-state index contributed by atoms with van der Waals surface area (Å²) in [5, 5.41) is 10.2. The molecule has 1 aliphatic carbocycles. The third kappa shape index (κ3) is 1.32. The number of hydrogen-bond donors (Lipinski definition) is 0. The second-order valence-corrected chi connectivity index (χ2v) is 2.65. The summed E-state index contributed by atoms with van der Waals surface area (Å²) in [7, 11) is 0. The van der Waals surface area contributed by atoms with Gasteiger partial charge in [-0.3, -0.25) is 10.1 Å². The zero-order valence-corrected chi connectivity index (χ0v) is 5.53. The van der Waals surface area contributed by atoms with E-state index in [4.69, 9.17) is 0 Å². The van der Waals surface area contributed by atoms with Crippen LogP contribution in [-0.4, -0.2) is 17.3 Å². The Hall–Kier alpha value is -0.930. The molecule has 0 unspecified atom stereocenters. The van der Waals surface area contributed by atoms with Gasteiger partial charge in [-0.05, 0) is 6.42 Å². The SMILES string of the molecule is O=C[C@H]1CC[C@H]([N+](=O)[O-])C1. The van der Waals surface area contributed by atoms with Crippen LogP contribution >= 0.6 is 0 Å². The van der Waals surface area contributed by atoms with Gasteiger partial charge < -0.3 is 4.79 Å². The Bertz CT molecular complexity index is 157. The van der Waals surface area contributed by atoms with Crippen molar-refractivity contribution < 1.29 is 9.72 Å². The van der Waals surface area contributed by atoms with Gasteiger partial charge in [0.1, 0.15) is 6.29 Å². The van der Waals surface area contributed by atoms with Crippen LogP contribution < -0.4 is 0 Å². The molecule has 0 N–H and O–H groups in total. The fraction of sp³-hybridized carbons (Fsp3) is 0.833. The maximum Gasteiger partial charge on any atom is 0.213 e. The number of nitrogens with zero attached hydrogens (tertiary/aromatic N) is 1. The highest BCUT2D eigenvalue weighted by Crippen LogP contribution is 2.25. The van der Waals surface area contributed by atoms with Gasteiger partial charge in [0.2, 0.25) is 6.04 Å². The number of carbonyl (C=O) groups is 1. The second-order valence-electron chi connectivity index (χ2n) is 2.65. The number of aldehydes is 1. The molecule has 0 aromatic heterocycles. The largest absolute Gasteiger partial charge is 0.303 e. The lowest BCUT2D eigenvalue weighted by molar-refractivity contribution is -0.520. The predicted molar refractivity (Wildman–Crippen MR) is 34.2 cm³/mol. The predicted octanol–water partition coefficient (Wildman–Crippen LogP) is 0.631. The monoisotopic (exact) mass is 143 g/mol. The molecule has 4 heteroatoms. The molecule has 1 fully saturated rings. The molecule has 10 heavy (non-hydrogen) atoms. The molecule has 0 bridgehead atoms. The van der Waals surface area contributed by atoms with E-state index in [0.717, 1.165) is 6.29 Å². The smallest absolute Gasteiger partial charge is 0.213 e. The molecule has 0 heterocycles. The molecule has 0 amide bonds. The van der Waals surface area contributed by atoms with E-state index in [1.165, 1.54) is 0 Å². The maximum absolute atomic E-state index is 10.2. The highest BCUT2D eigenvalue weighted by molar-refractivity contribution is 5.54. The third-order valence-corrected chi connectivity index (χ3v) is 1.94. The molecule has 1 aliphatic rings. The molecule has 56 valence electrons. The van der Waals surface area contributed by atoms with Gasteiger partial charge in [-0.15, -0.1) is 0 Å². The molecule has 4 nitrogen and oxygen atoms in total. The van der Waals surface area contributed by atoms with Crippen molar-refractivity contribution in [1.29, 1.82) is 0 Å². The average Bonchev–Trinajstić information content (AvgIpc) is 2.34. The van der Waals surface area contributed by atoms with E-state index in [1.54, 1.807) is 0 Å². The summed E-state index contributed by atoms with van der Waals surface area (Å²) in [6.07, 6.45) is 2.52. The van der Waals surface area contributed by atoms with Gasteiger partial charge >= 0.3 is 0 Å². The Morgan fingerprint density at radius 3 is 2.50 bits per heavy atom. The molecule has 1 saturated carbocycles. The van der Waals surface area contributed by atoms with E-state index in [-0.39, 0.29) is 10.8 Å². The van der Waals surface area contributed by atoms with Crippen LogP contribution in [-0.2, 0) is 4.79 Å². The van der Waals surface area contributed by atoms with Gasteiger partial charge in [-0.25, -0.2) is 0 Å². The van der Waals surface area contributed by atoms with Crippen molar-refractivity contribution >= 4 is 6.29 Å². The maximum atomic E-state index is 10.2. The van der Waals surface area contributed by atoms with Gasteiger partial charge in [-0.2, -0.15) is 0 Å². The van der Waals surface area contributed by atoms with Gasteiger partial charge in [0.05, 0.1) is 0 Å². The van der Waals surface area contributed by atoms with Crippen LogP contribution in [0.5, 0.6) is 0 Å². The second kappa shape index (κ2) is 2.77. The van der Waals surface area contributed by atoms with Crippen molar-refractivity contribution in [3.8, 4) is 0 Å². The topological polar surface area (TPSA) is 60.2 Å². The van der Waals surface area contributed by atoms with E-state index in [0.29, 0.717) is 19.3 Å². The van der Waals surface area contributed by atoms with Crippen LogP contribution in [0.1, 0.15) is 19.3 Å². The van der Waals surface area contributed by atoms with Crippen molar-refractivity contribution in [3.05, 3.63) is 10.1 Å². The minimum Gasteiger partial charge on any atom is -0.303 e. The molecule has 0 aromatic rings. The van der Waals surface area contributed by atoms with Gasteiger partial charge in [0.15, 0.2) is 0 Å². The molecular formula is C6H9NO3. The first kappa shape index (κ1) is 7.18. The van der Waals surface area contributed by atoms with Gasteiger partial charge in [0.25, 0.3) is 0 Å². The molecule has 0 radical (unpaired) electrons. The van der Waals surface area contributed by atoms with Crippen LogP contribution in [0.15, 0.2) is 0 Å². The Kier molecular flexibility index (Phi) is 1.99. The molecule has 0 aromatic carbocycles. The molecule has 0 saturated heterocycles. The first-order chi connectivity index (χ1) is 4.74. The third-order valence-electron chi connectivity index (χ3n) is 1.94. The Balaban J connectivity index is 2.42. The Morgan fingerprint density at radius 2 is 2.20 bits per heavy atom. The van der Waals surface area contributed by atoms with E-state index in [1.807, 2.05) is 0 Å². The van der Waals surface area contributed by atoms with Crippen molar-refractivity contribution in [3.63, 3.8) is 0 Å². The summed E-state index contributed by atoms with van der Waals surface area (Å²) in [6, 6.07) is -0.463. The van der Waals surface area contributed by atoms with Crippen LogP contribution in [0.4, 0.5) is 0 Å². The Morgan fingerprint density at radius 1 is 1.50 bits per heavy atom. The zero-order valence-electron chi connectivity index (χ0n) is 5.53. The lowest BCUT2D eigenvalue weighted by atomic mass is 10.1. The minimum atomic E-state index is -0.463. The molecular weight excluding hydrogens is 134 g/mol. The minimum absolute atomic E-state index is 0.0598. The number of carbonyl (C=O) groups excluding carboxylic acids is 1. The number of nitro groups is 1. The average molecular weight is 143 g/mol. The van der Waals surface area contributed by atoms with Gasteiger partial charge in [-0.1, -0.05) is 0 Å². The number of hydrogen-bond acceptors (Lipinski definition) is 3. The highest BCUT2D eigenvalue weighted by atomic mass is 16.6. The zero-order chi connectivity index (χ0) is 7.56. The fourth-order valence-corrected chi connectivity index (χ4v) is 1.31. The summed E-state index contributed by atoms with van der Waals surface area (Å²) in [6.45, 7) is 0. The standard InChI is InChI=1S/C6H9NO3/c8-4-5-1-2-6(3-5)7(9)10/h4-6H,1-3H2/t5-,6-/m0/s1. The lowest BCUT2D eigenvalue weighted by Crippen LogP contribution is -2.15. The van der Waals surface area contributed by atoms with Crippen molar-refractivity contribution in [2.75, 3.05) is 0 Å². The van der Waals surface area contributed by atoms with Crippen LogP contribution in [0.25, 0.3) is 0 Å². The van der Waals surface area contributed by atoms with Crippen LogP contribution in [0, 0.1) is 16.0 Å². The molecule has 0 spiro atoms. The van der Waals surface area contributed by atoms with Crippen molar-refractivity contribution in [1.82, 2.24) is 0 Å². The summed E-state index contributed by atoms with van der Waals surface area (Å²) in [5.41, 5.74) is 0. The first-order valence-electron chi connectivity index (χ1n) is 3.33. The fourth-order valence-electron chi connectivity index (χ4n) is 1.31.